The number of aryl methyl sites for hydroxylation is 1. The summed E-state index contributed by atoms with van der Waals surface area (Å²) in [6.07, 6.45) is 0. The molecule has 1 rings (SSSR count). The first-order chi connectivity index (χ1) is 7.27. The Morgan fingerprint density at radius 3 is 2.93 bits per heavy atom. The highest BCUT2D eigenvalue weighted by Crippen LogP contribution is 2.19. The fourth-order valence-electron chi connectivity index (χ4n) is 1.16. The zero-order valence-corrected chi connectivity index (χ0v) is 9.88. The quantitative estimate of drug-likeness (QED) is 0.692. The molecule has 0 aliphatic rings. The molecule has 0 saturated heterocycles. The number of hydrogen-bond donors (Lipinski definition) is 0. The molecule has 1 aromatic rings. The van der Waals surface area contributed by atoms with Gasteiger partial charge in [0.15, 0.2) is 5.13 Å². The van der Waals surface area contributed by atoms with E-state index in [2.05, 4.69) is 14.7 Å². The number of aromatic nitrogens is 1. The van der Waals surface area contributed by atoms with Crippen LogP contribution >= 0.6 is 11.3 Å². The van der Waals surface area contributed by atoms with E-state index in [0.717, 1.165) is 23.9 Å². The minimum Gasteiger partial charge on any atom is -0.383 e. The second-order valence-electron chi connectivity index (χ2n) is 3.13. The highest BCUT2D eigenvalue weighted by molar-refractivity contribution is 7.13. The zero-order chi connectivity index (χ0) is 11.1. The Morgan fingerprint density at radius 1 is 1.60 bits per heavy atom. The lowest BCUT2D eigenvalue weighted by molar-refractivity contribution is 0.205. The van der Waals surface area contributed by atoms with Gasteiger partial charge in [0, 0.05) is 19.0 Å². The summed E-state index contributed by atoms with van der Waals surface area (Å²) in [7, 11) is 1.68. The summed E-state index contributed by atoms with van der Waals surface area (Å²) in [5.41, 5.74) is 1.03. The van der Waals surface area contributed by atoms with Crippen molar-refractivity contribution in [3.05, 3.63) is 22.5 Å². The molecule has 4 nitrogen and oxygen atoms in total. The molecule has 0 bridgehead atoms. The standard InChI is InChI=1S/C10H15N3OS/c1-9-8-15-10(12-9)13(5-4-11-2)6-7-14-3/h8H,4-7H2,1,3H3. The van der Waals surface area contributed by atoms with E-state index in [1.165, 1.54) is 0 Å². The molecule has 0 amide bonds. The Bertz CT molecular complexity index is 332. The maximum atomic E-state index is 6.79. The van der Waals surface area contributed by atoms with E-state index in [1.54, 1.807) is 18.4 Å². The van der Waals surface area contributed by atoms with Gasteiger partial charge in [-0.2, -0.15) is 0 Å². The molecule has 0 fully saturated rings. The molecule has 0 N–H and O–H groups in total. The molecule has 0 saturated carbocycles. The first-order valence-corrected chi connectivity index (χ1v) is 5.65. The molecule has 1 aromatic heterocycles. The second-order valence-corrected chi connectivity index (χ2v) is 3.97. The highest BCUT2D eigenvalue weighted by Gasteiger charge is 2.10. The van der Waals surface area contributed by atoms with Crippen molar-refractivity contribution < 1.29 is 4.74 Å². The summed E-state index contributed by atoms with van der Waals surface area (Å²) in [6, 6.07) is 0. The van der Waals surface area contributed by atoms with Crippen LogP contribution in [0.1, 0.15) is 5.69 Å². The molecule has 5 heteroatoms. The van der Waals surface area contributed by atoms with Crippen LogP contribution < -0.4 is 4.90 Å². The van der Waals surface area contributed by atoms with Crippen LogP contribution in [0.5, 0.6) is 0 Å². The molecule has 0 radical (unpaired) electrons. The number of hydrogen-bond acceptors (Lipinski definition) is 4. The highest BCUT2D eigenvalue weighted by atomic mass is 32.1. The first-order valence-electron chi connectivity index (χ1n) is 4.77. The fraction of sp³-hybridized carbons (Fsp3) is 0.600. The predicted molar refractivity (Wildman–Crippen MR) is 62.4 cm³/mol. The van der Waals surface area contributed by atoms with Crippen LogP contribution in [-0.2, 0) is 4.74 Å². The van der Waals surface area contributed by atoms with Crippen molar-refractivity contribution in [2.45, 2.75) is 6.92 Å². The monoisotopic (exact) mass is 225 g/mol. The molecule has 82 valence electrons. The Kier molecular flexibility index (Phi) is 5.08. The maximum absolute atomic E-state index is 6.79. The third kappa shape index (κ3) is 3.86. The molecule has 0 aliphatic carbocycles. The minimum absolute atomic E-state index is 0.502. The maximum Gasteiger partial charge on any atom is 0.231 e. The Labute approximate surface area is 94.3 Å². The lowest BCUT2D eigenvalue weighted by Crippen LogP contribution is -2.29. The zero-order valence-electron chi connectivity index (χ0n) is 9.06. The van der Waals surface area contributed by atoms with E-state index in [-0.39, 0.29) is 0 Å². The summed E-state index contributed by atoms with van der Waals surface area (Å²) in [5, 5.41) is 3.00. The first kappa shape index (κ1) is 12.0. The summed E-state index contributed by atoms with van der Waals surface area (Å²) in [4.78, 5) is 9.86. The average Bonchev–Trinajstić information content (AvgIpc) is 2.65. The van der Waals surface area contributed by atoms with Gasteiger partial charge in [0.05, 0.1) is 18.8 Å². The largest absolute Gasteiger partial charge is 0.383 e. The molecular weight excluding hydrogens is 210 g/mol. The van der Waals surface area contributed by atoms with Gasteiger partial charge in [-0.3, -0.25) is 0 Å². The molecule has 0 unspecified atom stereocenters. The van der Waals surface area contributed by atoms with Gasteiger partial charge in [-0.25, -0.2) is 11.6 Å². The van der Waals surface area contributed by atoms with Crippen molar-refractivity contribution >= 4 is 16.5 Å². The smallest absolute Gasteiger partial charge is 0.231 e. The van der Waals surface area contributed by atoms with Crippen molar-refractivity contribution in [3.63, 3.8) is 0 Å². The van der Waals surface area contributed by atoms with Gasteiger partial charge < -0.3 is 14.5 Å². The van der Waals surface area contributed by atoms with Gasteiger partial charge in [0.1, 0.15) is 0 Å². The lowest BCUT2D eigenvalue weighted by atomic mass is 10.5. The summed E-state index contributed by atoms with van der Waals surface area (Å²) in [6.45, 7) is 11.4. The van der Waals surface area contributed by atoms with E-state index in [4.69, 9.17) is 11.3 Å². The van der Waals surface area contributed by atoms with Gasteiger partial charge in [0.2, 0.25) is 6.54 Å². The molecule has 0 aliphatic heterocycles. The van der Waals surface area contributed by atoms with Crippen molar-refractivity contribution in [2.75, 3.05) is 38.3 Å². The molecule has 15 heavy (non-hydrogen) atoms. The van der Waals surface area contributed by atoms with Gasteiger partial charge in [-0.05, 0) is 6.92 Å². The lowest BCUT2D eigenvalue weighted by Gasteiger charge is -2.18. The SMILES string of the molecule is [C-]#[N+]CCN(CCOC)c1nc(C)cs1. The predicted octanol–water partition coefficient (Wildman–Crippen LogP) is 1.82. The molecular formula is C10H15N3OS. The number of anilines is 1. The number of methoxy groups -OCH3 is 1. The van der Waals surface area contributed by atoms with Crippen LogP contribution in [0.4, 0.5) is 5.13 Å². The van der Waals surface area contributed by atoms with Gasteiger partial charge in [-0.15, -0.1) is 11.3 Å². The van der Waals surface area contributed by atoms with Gasteiger partial charge in [0.25, 0.3) is 0 Å². The second kappa shape index (κ2) is 6.38. The topological polar surface area (TPSA) is 29.7 Å². The van der Waals surface area contributed by atoms with Crippen LogP contribution in [0, 0.1) is 13.5 Å². The van der Waals surface area contributed by atoms with Crippen LogP contribution in [-0.4, -0.2) is 38.3 Å². The van der Waals surface area contributed by atoms with Crippen molar-refractivity contribution in [2.24, 2.45) is 0 Å². The number of nitrogens with zero attached hydrogens (tertiary/aromatic N) is 3. The summed E-state index contributed by atoms with van der Waals surface area (Å²) >= 11 is 1.61. The molecule has 1 heterocycles. The Hall–Kier alpha value is -1.12. The van der Waals surface area contributed by atoms with E-state index < -0.39 is 0 Å². The number of rotatable bonds is 6. The van der Waals surface area contributed by atoms with Crippen LogP contribution in [0.15, 0.2) is 5.38 Å². The molecule has 0 atom stereocenters. The number of thiazole rings is 1. The third-order valence-electron chi connectivity index (χ3n) is 1.92. The minimum atomic E-state index is 0.502. The fourth-order valence-corrected chi connectivity index (χ4v) is 2.02. The van der Waals surface area contributed by atoms with E-state index in [0.29, 0.717) is 13.2 Å². The van der Waals surface area contributed by atoms with Gasteiger partial charge >= 0.3 is 0 Å². The Balaban J connectivity index is 2.59. The molecule has 0 aromatic carbocycles. The van der Waals surface area contributed by atoms with Crippen molar-refractivity contribution in [1.29, 1.82) is 0 Å². The third-order valence-corrected chi connectivity index (χ3v) is 2.94. The summed E-state index contributed by atoms with van der Waals surface area (Å²) in [5.74, 6) is 0. The van der Waals surface area contributed by atoms with Crippen LogP contribution in [0.3, 0.4) is 0 Å². The summed E-state index contributed by atoms with van der Waals surface area (Å²) < 4.78 is 5.04. The normalized spacial score (nSPS) is 9.93. The van der Waals surface area contributed by atoms with Crippen molar-refractivity contribution in [1.82, 2.24) is 4.98 Å². The van der Waals surface area contributed by atoms with Crippen molar-refractivity contribution in [3.8, 4) is 0 Å². The van der Waals surface area contributed by atoms with Gasteiger partial charge in [-0.1, -0.05) is 0 Å². The van der Waals surface area contributed by atoms with E-state index in [9.17, 15) is 0 Å². The van der Waals surface area contributed by atoms with E-state index in [1.807, 2.05) is 12.3 Å². The number of ether oxygens (including phenoxy) is 1. The van der Waals surface area contributed by atoms with Crippen LogP contribution in [0.2, 0.25) is 0 Å². The Morgan fingerprint density at radius 2 is 2.40 bits per heavy atom. The average molecular weight is 225 g/mol. The molecule has 0 spiro atoms. The van der Waals surface area contributed by atoms with Crippen LogP contribution in [0.25, 0.3) is 4.85 Å². The van der Waals surface area contributed by atoms with E-state index >= 15 is 0 Å².